The van der Waals surface area contributed by atoms with E-state index in [1.165, 1.54) is 9.87 Å². The van der Waals surface area contributed by atoms with E-state index in [9.17, 15) is 13.2 Å². The highest BCUT2D eigenvalue weighted by Crippen LogP contribution is 2.30. The van der Waals surface area contributed by atoms with E-state index in [0.717, 1.165) is 24.8 Å². The fraction of sp³-hybridized carbons (Fsp3) is 0.500. The standard InChI is InChI=1S/C14H17NO4S/c16-14(17)6-10-8-15(9-10)20(18,19)13-5-4-11-2-1-3-12(11)7-13/h4-5,7,10H,1-3,6,8-9H2,(H,16,17). The topological polar surface area (TPSA) is 74.7 Å². The molecule has 1 saturated heterocycles. The SMILES string of the molecule is O=C(O)CC1CN(S(=O)(=O)c2ccc3c(c2)CCC3)C1. The molecule has 0 saturated carbocycles. The number of rotatable bonds is 4. The molecular formula is C14H17NO4S. The van der Waals surface area contributed by atoms with Crippen molar-refractivity contribution in [3.05, 3.63) is 29.3 Å². The van der Waals surface area contributed by atoms with Crippen LogP contribution in [0.3, 0.4) is 0 Å². The van der Waals surface area contributed by atoms with Gasteiger partial charge in [-0.15, -0.1) is 0 Å². The highest BCUT2D eigenvalue weighted by Gasteiger charge is 2.37. The second-order valence-electron chi connectivity index (χ2n) is 5.57. The Kier molecular flexibility index (Phi) is 3.30. The first kappa shape index (κ1) is 13.6. The van der Waals surface area contributed by atoms with E-state index >= 15 is 0 Å². The maximum absolute atomic E-state index is 12.4. The minimum absolute atomic E-state index is 0.0379. The van der Waals surface area contributed by atoms with E-state index in [1.54, 1.807) is 12.1 Å². The molecular weight excluding hydrogens is 278 g/mol. The number of hydrogen-bond donors (Lipinski definition) is 1. The van der Waals surface area contributed by atoms with E-state index < -0.39 is 16.0 Å². The van der Waals surface area contributed by atoms with Crippen molar-refractivity contribution in [2.75, 3.05) is 13.1 Å². The average Bonchev–Trinajstić information content (AvgIpc) is 2.79. The normalized spacial score (nSPS) is 19.6. The number of carbonyl (C=O) groups is 1. The van der Waals surface area contributed by atoms with E-state index in [4.69, 9.17) is 5.11 Å². The number of aliphatic carboxylic acids is 1. The predicted octanol–water partition coefficient (Wildman–Crippen LogP) is 1.27. The lowest BCUT2D eigenvalue weighted by molar-refractivity contribution is -0.139. The lowest BCUT2D eigenvalue weighted by Crippen LogP contribution is -2.50. The van der Waals surface area contributed by atoms with Crippen molar-refractivity contribution in [3.8, 4) is 0 Å². The van der Waals surface area contributed by atoms with Crippen molar-refractivity contribution in [1.29, 1.82) is 0 Å². The van der Waals surface area contributed by atoms with Gasteiger partial charge < -0.3 is 5.11 Å². The van der Waals surface area contributed by atoms with Crippen molar-refractivity contribution in [1.82, 2.24) is 4.31 Å². The van der Waals surface area contributed by atoms with Crippen LogP contribution in [0.5, 0.6) is 0 Å². The van der Waals surface area contributed by atoms with Gasteiger partial charge in [0.1, 0.15) is 0 Å². The monoisotopic (exact) mass is 295 g/mol. The third-order valence-electron chi connectivity index (χ3n) is 4.09. The molecule has 0 bridgehead atoms. The van der Waals surface area contributed by atoms with Crippen LogP contribution in [0.15, 0.2) is 23.1 Å². The molecule has 108 valence electrons. The summed E-state index contributed by atoms with van der Waals surface area (Å²) in [6, 6.07) is 5.36. The summed E-state index contributed by atoms with van der Waals surface area (Å²) in [6.07, 6.45) is 3.10. The van der Waals surface area contributed by atoms with Crippen LogP contribution in [-0.2, 0) is 27.7 Å². The molecule has 1 aliphatic carbocycles. The zero-order chi connectivity index (χ0) is 14.3. The molecule has 0 amide bonds. The second-order valence-corrected chi connectivity index (χ2v) is 7.51. The Hall–Kier alpha value is -1.40. The van der Waals surface area contributed by atoms with Gasteiger partial charge >= 0.3 is 5.97 Å². The van der Waals surface area contributed by atoms with Gasteiger partial charge in [0, 0.05) is 13.1 Å². The summed E-state index contributed by atoms with van der Waals surface area (Å²) >= 11 is 0. The predicted molar refractivity (Wildman–Crippen MR) is 73.0 cm³/mol. The van der Waals surface area contributed by atoms with Crippen molar-refractivity contribution >= 4 is 16.0 Å². The van der Waals surface area contributed by atoms with Gasteiger partial charge in [0.05, 0.1) is 11.3 Å². The van der Waals surface area contributed by atoms with E-state index in [1.807, 2.05) is 6.07 Å². The fourth-order valence-corrected chi connectivity index (χ4v) is 4.60. The summed E-state index contributed by atoms with van der Waals surface area (Å²) < 4.78 is 26.2. The highest BCUT2D eigenvalue weighted by atomic mass is 32.2. The Balaban J connectivity index is 1.75. The number of nitrogens with zero attached hydrogens (tertiary/aromatic N) is 1. The molecule has 0 atom stereocenters. The third-order valence-corrected chi connectivity index (χ3v) is 5.92. The van der Waals surface area contributed by atoms with Crippen molar-refractivity contribution in [2.45, 2.75) is 30.6 Å². The number of hydrogen-bond acceptors (Lipinski definition) is 3. The Bertz CT molecular complexity index is 647. The maximum Gasteiger partial charge on any atom is 0.303 e. The van der Waals surface area contributed by atoms with Gasteiger partial charge in [-0.05, 0) is 48.4 Å². The van der Waals surface area contributed by atoms with Crippen LogP contribution in [-0.4, -0.2) is 36.9 Å². The first-order valence-electron chi connectivity index (χ1n) is 6.80. The largest absolute Gasteiger partial charge is 0.481 e. The number of fused-ring (bicyclic) bond motifs is 1. The summed E-state index contributed by atoms with van der Waals surface area (Å²) in [7, 11) is -3.45. The molecule has 0 unspecified atom stereocenters. The Labute approximate surface area is 118 Å². The molecule has 5 nitrogen and oxygen atoms in total. The van der Waals surface area contributed by atoms with Crippen molar-refractivity contribution in [2.24, 2.45) is 5.92 Å². The molecule has 1 aromatic carbocycles. The van der Waals surface area contributed by atoms with E-state index in [-0.39, 0.29) is 12.3 Å². The molecule has 3 rings (SSSR count). The van der Waals surface area contributed by atoms with Crippen LogP contribution in [0.1, 0.15) is 24.0 Å². The van der Waals surface area contributed by atoms with Gasteiger partial charge in [-0.2, -0.15) is 4.31 Å². The average molecular weight is 295 g/mol. The number of aryl methyl sites for hydroxylation is 2. The fourth-order valence-electron chi connectivity index (χ4n) is 2.95. The van der Waals surface area contributed by atoms with Gasteiger partial charge in [0.25, 0.3) is 0 Å². The summed E-state index contributed by atoms with van der Waals surface area (Å²) in [5.74, 6) is -0.929. The maximum atomic E-state index is 12.4. The number of carboxylic acids is 1. The first-order valence-corrected chi connectivity index (χ1v) is 8.24. The molecule has 6 heteroatoms. The summed E-state index contributed by atoms with van der Waals surface area (Å²) in [5.41, 5.74) is 2.38. The Morgan fingerprint density at radius 1 is 1.25 bits per heavy atom. The Morgan fingerprint density at radius 3 is 2.65 bits per heavy atom. The summed E-state index contributed by atoms with van der Waals surface area (Å²) in [6.45, 7) is 0.622. The van der Waals surface area contributed by atoms with Crippen LogP contribution in [0.2, 0.25) is 0 Å². The molecule has 0 radical (unpaired) electrons. The van der Waals surface area contributed by atoms with Crippen LogP contribution in [0.25, 0.3) is 0 Å². The molecule has 2 aliphatic rings. The lowest BCUT2D eigenvalue weighted by atomic mass is 10.00. The van der Waals surface area contributed by atoms with E-state index in [2.05, 4.69) is 0 Å². The van der Waals surface area contributed by atoms with Gasteiger partial charge in [0.2, 0.25) is 10.0 Å². The second kappa shape index (κ2) is 4.86. The molecule has 1 heterocycles. The minimum atomic E-state index is -3.45. The Morgan fingerprint density at radius 2 is 1.95 bits per heavy atom. The van der Waals surface area contributed by atoms with Crippen molar-refractivity contribution in [3.63, 3.8) is 0 Å². The molecule has 1 fully saturated rings. The van der Waals surface area contributed by atoms with Gasteiger partial charge in [-0.25, -0.2) is 8.42 Å². The molecule has 1 N–H and O–H groups in total. The number of sulfonamides is 1. The minimum Gasteiger partial charge on any atom is -0.481 e. The molecule has 0 aromatic heterocycles. The summed E-state index contributed by atoms with van der Waals surface area (Å²) in [4.78, 5) is 10.9. The quantitative estimate of drug-likeness (QED) is 0.907. The number of benzene rings is 1. The third kappa shape index (κ3) is 2.33. The smallest absolute Gasteiger partial charge is 0.303 e. The molecule has 0 spiro atoms. The lowest BCUT2D eigenvalue weighted by Gasteiger charge is -2.37. The first-order chi connectivity index (χ1) is 9.46. The van der Waals surface area contributed by atoms with Crippen LogP contribution in [0.4, 0.5) is 0 Å². The van der Waals surface area contributed by atoms with Gasteiger partial charge in [0.15, 0.2) is 0 Å². The van der Waals surface area contributed by atoms with Gasteiger partial charge in [-0.3, -0.25) is 4.79 Å². The molecule has 20 heavy (non-hydrogen) atoms. The molecule has 1 aromatic rings. The van der Waals surface area contributed by atoms with Crippen molar-refractivity contribution < 1.29 is 18.3 Å². The molecule has 1 aliphatic heterocycles. The van der Waals surface area contributed by atoms with Crippen LogP contribution >= 0.6 is 0 Å². The zero-order valence-corrected chi connectivity index (χ0v) is 11.9. The van der Waals surface area contributed by atoms with Crippen LogP contribution < -0.4 is 0 Å². The van der Waals surface area contributed by atoms with Gasteiger partial charge in [-0.1, -0.05) is 6.07 Å². The summed E-state index contributed by atoms with van der Waals surface area (Å²) in [5, 5.41) is 8.69. The number of carboxylic acid groups (broad SMARTS) is 1. The van der Waals surface area contributed by atoms with E-state index in [0.29, 0.717) is 18.0 Å². The highest BCUT2D eigenvalue weighted by molar-refractivity contribution is 7.89. The van der Waals surface area contributed by atoms with Crippen LogP contribution in [0, 0.1) is 5.92 Å². The zero-order valence-electron chi connectivity index (χ0n) is 11.1.